The van der Waals surface area contributed by atoms with E-state index in [1.165, 1.54) is 231 Å². The molecule has 0 bridgehead atoms. The summed E-state index contributed by atoms with van der Waals surface area (Å²) in [6.07, 6.45) is 58.0. The van der Waals surface area contributed by atoms with Gasteiger partial charge in [-0.15, -0.1) is 0 Å². The first-order valence-corrected chi connectivity index (χ1v) is 29.7. The van der Waals surface area contributed by atoms with Gasteiger partial charge in [0.1, 0.15) is 13.2 Å². The number of aliphatic hydroxyl groups excluding tert-OH is 2. The Labute approximate surface area is 416 Å². The van der Waals surface area contributed by atoms with E-state index in [0.29, 0.717) is 19.3 Å². The Hall–Kier alpha value is -1.67. The average Bonchev–Trinajstić information content (AvgIpc) is 3.33. The maximum Gasteiger partial charge on any atom is 0.306 e. The Morgan fingerprint density at radius 1 is 0.284 bits per heavy atom. The minimum Gasteiger partial charge on any atom is -0.462 e. The third-order valence-corrected chi connectivity index (χ3v) is 13.2. The van der Waals surface area contributed by atoms with Crippen molar-refractivity contribution in [3.05, 3.63) is 0 Å². The predicted octanol–water partition coefficient (Wildman–Crippen LogP) is 17.7. The Morgan fingerprint density at radius 2 is 0.463 bits per heavy atom. The van der Waals surface area contributed by atoms with Gasteiger partial charge in [0.2, 0.25) is 0 Å². The van der Waals surface area contributed by atoms with Crippen LogP contribution in [0, 0.1) is 0 Å². The molecular formula is C59H116O8. The fourth-order valence-corrected chi connectivity index (χ4v) is 8.80. The highest BCUT2D eigenvalue weighted by Crippen LogP contribution is 2.18. The lowest BCUT2D eigenvalue weighted by molar-refractivity contribution is -0.167. The molecule has 0 atom stereocenters. The summed E-state index contributed by atoms with van der Waals surface area (Å²) < 4.78 is 16.9. The molecule has 8 nitrogen and oxygen atoms in total. The Bertz CT molecular complexity index is 921. The highest BCUT2D eigenvalue weighted by atomic mass is 16.6. The van der Waals surface area contributed by atoms with Crippen molar-refractivity contribution in [1.82, 2.24) is 0 Å². The van der Waals surface area contributed by atoms with Gasteiger partial charge in [-0.1, -0.05) is 290 Å². The number of esters is 3. The maximum absolute atomic E-state index is 12.8. The van der Waals surface area contributed by atoms with Crippen LogP contribution in [-0.2, 0) is 28.6 Å². The van der Waals surface area contributed by atoms with E-state index in [0.717, 1.165) is 57.8 Å². The van der Waals surface area contributed by atoms with Crippen LogP contribution in [-0.4, -0.2) is 60.7 Å². The van der Waals surface area contributed by atoms with Crippen LogP contribution in [0.5, 0.6) is 0 Å². The zero-order valence-corrected chi connectivity index (χ0v) is 45.2. The van der Waals surface area contributed by atoms with E-state index in [9.17, 15) is 14.4 Å². The lowest BCUT2D eigenvalue weighted by Crippen LogP contribution is -2.30. The molecular weight excluding hydrogens is 837 g/mol. The smallest absolute Gasteiger partial charge is 0.306 e. The summed E-state index contributed by atoms with van der Waals surface area (Å²) in [6, 6.07) is 0. The van der Waals surface area contributed by atoms with Gasteiger partial charge in [0.25, 0.3) is 0 Å². The fourth-order valence-electron chi connectivity index (χ4n) is 8.80. The molecule has 0 spiro atoms. The molecule has 0 aromatic heterocycles. The third kappa shape index (κ3) is 60.4. The molecule has 0 saturated carbocycles. The van der Waals surface area contributed by atoms with Crippen molar-refractivity contribution in [2.75, 3.05) is 26.4 Å². The molecule has 0 aromatic carbocycles. The van der Waals surface area contributed by atoms with Gasteiger partial charge in [0.15, 0.2) is 6.10 Å². The third-order valence-electron chi connectivity index (χ3n) is 13.2. The predicted molar refractivity (Wildman–Crippen MR) is 285 cm³/mol. The molecule has 0 aromatic rings. The van der Waals surface area contributed by atoms with E-state index in [1.54, 1.807) is 0 Å². The normalized spacial score (nSPS) is 11.2. The van der Waals surface area contributed by atoms with Crippen LogP contribution in [0.4, 0.5) is 0 Å². The Morgan fingerprint density at radius 3 is 0.657 bits per heavy atom. The standard InChI is InChI=1S/C57H110O6.C2H6O2/c1-4-7-10-13-16-19-22-25-28-31-34-37-40-43-46-49-55(58)61-52-54(63-57(60)51-48-45-42-39-36-33-30-27-24-21-18-15-12-9-6-3)53-62-56(59)50-47-44-41-38-35-32-29-26-23-20-17-14-11-8-5-2;3-1-2-4/h54H,4-53H2,1-3H3;3-4H,1-2H2. The van der Waals surface area contributed by atoms with Crippen LogP contribution in [0.3, 0.4) is 0 Å². The second-order valence-corrected chi connectivity index (χ2v) is 20.0. The van der Waals surface area contributed by atoms with Gasteiger partial charge < -0.3 is 24.4 Å². The number of carbonyl (C=O) groups is 3. The number of rotatable bonds is 54. The quantitative estimate of drug-likeness (QED) is 0.0351. The molecule has 0 fully saturated rings. The van der Waals surface area contributed by atoms with Crippen LogP contribution in [0.2, 0.25) is 0 Å². The van der Waals surface area contributed by atoms with E-state index < -0.39 is 6.10 Å². The molecule has 0 aliphatic carbocycles. The lowest BCUT2D eigenvalue weighted by atomic mass is 10.0. The monoisotopic (exact) mass is 953 g/mol. The van der Waals surface area contributed by atoms with Crippen LogP contribution >= 0.6 is 0 Å². The summed E-state index contributed by atoms with van der Waals surface area (Å²) in [7, 11) is 0. The molecule has 8 heteroatoms. The number of unbranched alkanes of at least 4 members (excludes halogenated alkanes) is 42. The van der Waals surface area contributed by atoms with E-state index in [2.05, 4.69) is 20.8 Å². The largest absolute Gasteiger partial charge is 0.462 e. The first-order chi connectivity index (χ1) is 32.9. The zero-order valence-electron chi connectivity index (χ0n) is 45.2. The second-order valence-electron chi connectivity index (χ2n) is 20.0. The summed E-state index contributed by atoms with van der Waals surface area (Å²) in [6.45, 7) is 6.46. The van der Waals surface area contributed by atoms with Gasteiger partial charge >= 0.3 is 17.9 Å². The Balaban J connectivity index is 0. The first-order valence-electron chi connectivity index (χ1n) is 29.7. The fraction of sp³-hybridized carbons (Fsp3) is 0.949. The van der Waals surface area contributed by atoms with Gasteiger partial charge in [-0.25, -0.2) is 0 Å². The minimum absolute atomic E-state index is 0.0611. The van der Waals surface area contributed by atoms with Gasteiger partial charge in [0, 0.05) is 19.3 Å². The number of carbonyl (C=O) groups excluding carboxylic acids is 3. The van der Waals surface area contributed by atoms with E-state index in [-0.39, 0.29) is 44.3 Å². The summed E-state index contributed by atoms with van der Waals surface area (Å²) in [4.78, 5) is 38.1. The molecule has 400 valence electrons. The topological polar surface area (TPSA) is 119 Å². The summed E-state index contributed by atoms with van der Waals surface area (Å²) in [5, 5.41) is 15.2. The number of ether oxygens (including phenoxy) is 3. The highest BCUT2D eigenvalue weighted by Gasteiger charge is 2.19. The average molecular weight is 954 g/mol. The molecule has 0 aliphatic heterocycles. The van der Waals surface area contributed by atoms with Crippen molar-refractivity contribution in [2.24, 2.45) is 0 Å². The van der Waals surface area contributed by atoms with Gasteiger partial charge in [-0.2, -0.15) is 0 Å². The second kappa shape index (κ2) is 60.5. The Kier molecular flexibility index (Phi) is 60.8. The zero-order chi connectivity index (χ0) is 49.2. The summed E-state index contributed by atoms with van der Waals surface area (Å²) in [5.74, 6) is -0.832. The molecule has 67 heavy (non-hydrogen) atoms. The molecule has 0 heterocycles. The van der Waals surface area contributed by atoms with Crippen molar-refractivity contribution >= 4 is 17.9 Å². The summed E-state index contributed by atoms with van der Waals surface area (Å²) in [5.41, 5.74) is 0. The van der Waals surface area contributed by atoms with E-state index >= 15 is 0 Å². The van der Waals surface area contributed by atoms with E-state index in [4.69, 9.17) is 24.4 Å². The highest BCUT2D eigenvalue weighted by molar-refractivity contribution is 5.71. The number of aliphatic hydroxyl groups is 2. The van der Waals surface area contributed by atoms with Crippen LogP contribution in [0.1, 0.15) is 329 Å². The number of hydrogen-bond acceptors (Lipinski definition) is 8. The van der Waals surface area contributed by atoms with Crippen LogP contribution in [0.15, 0.2) is 0 Å². The minimum atomic E-state index is -0.760. The number of hydrogen-bond donors (Lipinski definition) is 2. The molecule has 2 N–H and O–H groups in total. The summed E-state index contributed by atoms with van der Waals surface area (Å²) >= 11 is 0. The molecule has 0 radical (unpaired) electrons. The van der Waals surface area contributed by atoms with Crippen molar-refractivity contribution < 1.29 is 38.8 Å². The van der Waals surface area contributed by atoms with Crippen molar-refractivity contribution in [3.8, 4) is 0 Å². The first kappa shape index (κ1) is 67.4. The van der Waals surface area contributed by atoms with Crippen molar-refractivity contribution in [2.45, 2.75) is 335 Å². The molecule has 0 saturated heterocycles. The van der Waals surface area contributed by atoms with Gasteiger partial charge in [-0.05, 0) is 19.3 Å². The van der Waals surface area contributed by atoms with Gasteiger partial charge in [0.05, 0.1) is 13.2 Å². The molecule has 0 amide bonds. The van der Waals surface area contributed by atoms with Crippen LogP contribution in [0.25, 0.3) is 0 Å². The molecule has 0 unspecified atom stereocenters. The molecule has 0 rings (SSSR count). The van der Waals surface area contributed by atoms with Crippen LogP contribution < -0.4 is 0 Å². The van der Waals surface area contributed by atoms with E-state index in [1.807, 2.05) is 0 Å². The van der Waals surface area contributed by atoms with Crippen molar-refractivity contribution in [1.29, 1.82) is 0 Å². The molecule has 0 aliphatic rings. The van der Waals surface area contributed by atoms with Gasteiger partial charge in [-0.3, -0.25) is 14.4 Å². The maximum atomic E-state index is 12.8. The van der Waals surface area contributed by atoms with Crippen molar-refractivity contribution in [3.63, 3.8) is 0 Å². The lowest BCUT2D eigenvalue weighted by Gasteiger charge is -2.18. The SMILES string of the molecule is CCCCCCCCCCCCCCCCCC(=O)OCC(COC(=O)CCCCCCCCCCCCCCCCC)OC(=O)CCCCCCCCCCCCCCCCC.OCCO.